The molecule has 0 radical (unpaired) electrons. The van der Waals surface area contributed by atoms with Crippen LogP contribution in [0.15, 0.2) is 35.3 Å². The predicted octanol–water partition coefficient (Wildman–Crippen LogP) is 5.53. The Morgan fingerprint density at radius 3 is 2.68 bits per heavy atom. The molecule has 1 aromatic heterocycles. The van der Waals surface area contributed by atoms with E-state index in [0.717, 1.165) is 107 Å². The van der Waals surface area contributed by atoms with Crippen LogP contribution in [-0.4, -0.2) is 83.6 Å². The number of likely N-dealkylation sites (tertiary alicyclic amines) is 1. The van der Waals surface area contributed by atoms with Crippen molar-refractivity contribution in [3.8, 4) is 0 Å². The van der Waals surface area contributed by atoms with E-state index in [1.807, 2.05) is 12.1 Å². The molecule has 3 saturated heterocycles. The topological polar surface area (TPSA) is 107 Å². The Kier molecular flexibility index (Phi) is 9.00. The number of aliphatic hydroxyl groups is 1. The molecule has 0 bridgehead atoms. The SMILES string of the molecule is CC(C)(C)[C@H]1CCc2nc3c(cc2C1)N=C(C(=O)C[C@H](CCN1CCC(O)CC1)c1cccc(N2CC4(CCNCC4)OC2=O)c1)C3. The number of aliphatic imine (C=N–C) groups is 1. The van der Waals surface area contributed by atoms with Crippen LogP contribution in [0, 0.1) is 11.3 Å². The summed E-state index contributed by atoms with van der Waals surface area (Å²) in [6.07, 6.45) is 7.53. The summed E-state index contributed by atoms with van der Waals surface area (Å²) in [6, 6.07) is 10.4. The lowest BCUT2D eigenvalue weighted by Crippen LogP contribution is -2.44. The Morgan fingerprint density at radius 2 is 1.91 bits per heavy atom. The lowest BCUT2D eigenvalue weighted by Gasteiger charge is -2.34. The van der Waals surface area contributed by atoms with E-state index in [4.69, 9.17) is 14.7 Å². The van der Waals surface area contributed by atoms with Crippen molar-refractivity contribution in [1.29, 1.82) is 0 Å². The molecule has 47 heavy (non-hydrogen) atoms. The van der Waals surface area contributed by atoms with E-state index in [0.29, 0.717) is 31.0 Å². The number of carbonyl (C=O) groups is 2. The molecule has 2 aromatic rings. The number of pyridine rings is 1. The van der Waals surface area contributed by atoms with Crippen LogP contribution in [0.4, 0.5) is 16.2 Å². The number of Topliss-reactive ketones (excluding diaryl/α,β-unsaturated/α-hetero) is 1. The number of benzene rings is 1. The summed E-state index contributed by atoms with van der Waals surface area (Å²) in [5.41, 5.74) is 6.61. The molecule has 2 atom stereocenters. The van der Waals surface area contributed by atoms with Crippen LogP contribution in [0.1, 0.15) is 94.1 Å². The highest BCUT2D eigenvalue weighted by atomic mass is 16.6. The standard InChI is InChI=1S/C38H51N5O4/c1-37(2,3)28-7-8-31-27(19-28)21-32-33(40-31)23-34(41-32)35(45)22-26(9-16-42-17-10-30(44)11-18-42)25-5-4-6-29(20-25)43-24-38(47-36(43)46)12-14-39-15-13-38/h4-6,20-21,26,28,30,39,44H,7-19,22-24H2,1-3H3/t26-,28-/m0/s1. The van der Waals surface area contributed by atoms with Gasteiger partial charge in [-0.1, -0.05) is 32.9 Å². The Bertz CT molecular complexity index is 1530. The van der Waals surface area contributed by atoms with Crippen LogP contribution in [0.3, 0.4) is 0 Å². The Hall–Kier alpha value is -3.14. The zero-order valence-corrected chi connectivity index (χ0v) is 28.4. The number of hydrogen-bond acceptors (Lipinski definition) is 8. The van der Waals surface area contributed by atoms with Crippen LogP contribution < -0.4 is 10.2 Å². The first kappa shape index (κ1) is 32.4. The molecule has 0 unspecified atom stereocenters. The predicted molar refractivity (Wildman–Crippen MR) is 184 cm³/mol. The van der Waals surface area contributed by atoms with Gasteiger partial charge in [0.2, 0.25) is 0 Å². The molecule has 0 saturated carbocycles. The molecule has 5 heterocycles. The average Bonchev–Trinajstić information content (AvgIpc) is 3.62. The number of nitrogens with zero attached hydrogens (tertiary/aromatic N) is 4. The summed E-state index contributed by atoms with van der Waals surface area (Å²) < 4.78 is 5.96. The molecule has 252 valence electrons. The summed E-state index contributed by atoms with van der Waals surface area (Å²) in [4.78, 5) is 41.2. The number of nitrogens with one attached hydrogen (secondary N) is 1. The van der Waals surface area contributed by atoms with E-state index in [9.17, 15) is 14.7 Å². The monoisotopic (exact) mass is 641 g/mol. The lowest BCUT2D eigenvalue weighted by molar-refractivity contribution is -0.113. The van der Waals surface area contributed by atoms with Crippen LogP contribution >= 0.6 is 0 Å². The molecular weight excluding hydrogens is 590 g/mol. The van der Waals surface area contributed by atoms with Gasteiger partial charge in [-0.15, -0.1) is 0 Å². The van der Waals surface area contributed by atoms with Crippen molar-refractivity contribution in [3.63, 3.8) is 0 Å². The van der Waals surface area contributed by atoms with E-state index < -0.39 is 5.60 Å². The molecule has 7 rings (SSSR count). The van der Waals surface area contributed by atoms with Crippen molar-refractivity contribution in [1.82, 2.24) is 15.2 Å². The van der Waals surface area contributed by atoms with E-state index in [1.165, 1.54) is 11.3 Å². The van der Waals surface area contributed by atoms with Gasteiger partial charge in [-0.25, -0.2) is 9.79 Å². The van der Waals surface area contributed by atoms with Crippen LogP contribution in [0.5, 0.6) is 0 Å². The van der Waals surface area contributed by atoms with Crippen molar-refractivity contribution >= 4 is 29.0 Å². The first-order valence-electron chi connectivity index (χ1n) is 17.9. The van der Waals surface area contributed by atoms with E-state index >= 15 is 0 Å². The van der Waals surface area contributed by atoms with E-state index in [-0.39, 0.29) is 29.3 Å². The number of fused-ring (bicyclic) bond motifs is 2. The Morgan fingerprint density at radius 1 is 1.13 bits per heavy atom. The fraction of sp³-hybridized carbons (Fsp3) is 0.632. The smallest absolute Gasteiger partial charge is 0.415 e. The number of aliphatic hydroxyl groups excluding tert-OH is 1. The van der Waals surface area contributed by atoms with Gasteiger partial charge in [-0.3, -0.25) is 14.7 Å². The quantitative estimate of drug-likeness (QED) is 0.391. The van der Waals surface area contributed by atoms with Crippen molar-refractivity contribution in [2.24, 2.45) is 16.3 Å². The second-order valence-electron chi connectivity index (χ2n) is 15.8. The van der Waals surface area contributed by atoms with E-state index in [1.54, 1.807) is 4.90 Å². The molecule has 1 spiro atoms. The van der Waals surface area contributed by atoms with Gasteiger partial charge in [0.1, 0.15) is 5.60 Å². The van der Waals surface area contributed by atoms with Crippen molar-refractivity contribution in [2.75, 3.05) is 44.2 Å². The van der Waals surface area contributed by atoms with Gasteiger partial charge < -0.3 is 20.1 Å². The van der Waals surface area contributed by atoms with Crippen LogP contribution in [0.25, 0.3) is 0 Å². The number of aromatic nitrogens is 1. The number of rotatable bonds is 8. The first-order valence-corrected chi connectivity index (χ1v) is 17.9. The van der Waals surface area contributed by atoms with E-state index in [2.05, 4.69) is 49.2 Å². The number of ether oxygens (including phenoxy) is 1. The third-order valence-corrected chi connectivity index (χ3v) is 11.5. The minimum absolute atomic E-state index is 0.0270. The van der Waals surface area contributed by atoms with Gasteiger partial charge >= 0.3 is 6.09 Å². The minimum Gasteiger partial charge on any atom is -0.441 e. The highest BCUT2D eigenvalue weighted by molar-refractivity contribution is 6.41. The lowest BCUT2D eigenvalue weighted by atomic mass is 9.71. The summed E-state index contributed by atoms with van der Waals surface area (Å²) in [5.74, 6) is 0.668. The number of carbonyl (C=O) groups excluding carboxylic acids is 2. The van der Waals surface area contributed by atoms with Crippen molar-refractivity contribution in [3.05, 3.63) is 52.8 Å². The van der Waals surface area contributed by atoms with Gasteiger partial charge in [0.25, 0.3) is 0 Å². The molecule has 1 amide bonds. The molecule has 9 heteroatoms. The van der Waals surface area contributed by atoms with Crippen molar-refractivity contribution < 1.29 is 19.4 Å². The second-order valence-corrected chi connectivity index (χ2v) is 15.8. The minimum atomic E-state index is -0.428. The van der Waals surface area contributed by atoms with Crippen molar-refractivity contribution in [2.45, 2.75) is 103 Å². The van der Waals surface area contributed by atoms with Crippen LogP contribution in [-0.2, 0) is 28.8 Å². The molecule has 4 aliphatic heterocycles. The zero-order chi connectivity index (χ0) is 32.8. The average molecular weight is 642 g/mol. The van der Waals surface area contributed by atoms with Gasteiger partial charge in [0, 0.05) is 50.2 Å². The molecule has 1 aliphatic carbocycles. The summed E-state index contributed by atoms with van der Waals surface area (Å²) >= 11 is 0. The Balaban J connectivity index is 1.09. The largest absolute Gasteiger partial charge is 0.441 e. The molecule has 3 fully saturated rings. The number of anilines is 1. The number of aryl methyl sites for hydroxylation is 1. The molecule has 1 aromatic carbocycles. The second kappa shape index (κ2) is 13.1. The zero-order valence-electron chi connectivity index (χ0n) is 28.4. The Labute approximate surface area is 279 Å². The first-order chi connectivity index (χ1) is 22.5. The third kappa shape index (κ3) is 7.03. The summed E-state index contributed by atoms with van der Waals surface area (Å²) in [6.45, 7) is 11.8. The number of ketones is 1. The van der Waals surface area contributed by atoms with Gasteiger partial charge in [-0.05, 0) is 105 Å². The van der Waals surface area contributed by atoms with Gasteiger partial charge in [-0.2, -0.15) is 0 Å². The normalized spacial score (nSPS) is 23.7. The van der Waals surface area contributed by atoms with Gasteiger partial charge in [0.15, 0.2) is 5.78 Å². The fourth-order valence-corrected chi connectivity index (χ4v) is 8.29. The maximum Gasteiger partial charge on any atom is 0.415 e. The van der Waals surface area contributed by atoms with Gasteiger partial charge in [0.05, 0.1) is 29.7 Å². The maximum absolute atomic E-state index is 14.0. The molecule has 5 aliphatic rings. The number of piperidine rings is 2. The highest BCUT2D eigenvalue weighted by Gasteiger charge is 2.46. The van der Waals surface area contributed by atoms with Crippen LogP contribution in [0.2, 0.25) is 0 Å². The third-order valence-electron chi connectivity index (χ3n) is 11.5. The highest BCUT2D eigenvalue weighted by Crippen LogP contribution is 2.40. The molecule has 2 N–H and O–H groups in total. The molecular formula is C38H51N5O4. The number of amides is 1. The molecule has 9 nitrogen and oxygen atoms in total. The summed E-state index contributed by atoms with van der Waals surface area (Å²) in [5, 5.41) is 13.4. The summed E-state index contributed by atoms with van der Waals surface area (Å²) in [7, 11) is 0. The number of hydrogen-bond donors (Lipinski definition) is 2. The maximum atomic E-state index is 14.0. The fourth-order valence-electron chi connectivity index (χ4n) is 8.29.